The standard InChI is InChI=1S/C27H41FO5/c1-25(2,24(32)33)23(31)11-13-27(4,28)22-10-9-21-18(6-5-12-26(21,22)3)8-7-17-14-19(29)16-20(30)15-17/h7-8,11,13,19-23,29-31H,5-6,9-10,12,14-16H2,1-4H3,(H,32,33)/t19-,20-,21+,22+,23-,26+,27+/m1/s1. The first-order chi connectivity index (χ1) is 15.3. The molecular weight excluding hydrogens is 423 g/mol. The fourth-order valence-corrected chi connectivity index (χ4v) is 6.46. The predicted molar refractivity (Wildman–Crippen MR) is 126 cm³/mol. The van der Waals surface area contributed by atoms with E-state index < -0.39 is 35.4 Å². The van der Waals surface area contributed by atoms with Gasteiger partial charge in [0.15, 0.2) is 0 Å². The fourth-order valence-electron chi connectivity index (χ4n) is 6.46. The number of alkyl halides is 1. The van der Waals surface area contributed by atoms with Crippen molar-refractivity contribution < 1.29 is 29.6 Å². The maximum atomic E-state index is 16.0. The summed E-state index contributed by atoms with van der Waals surface area (Å²) < 4.78 is 16.0. The van der Waals surface area contributed by atoms with Crippen molar-refractivity contribution in [3.05, 3.63) is 35.5 Å². The Morgan fingerprint density at radius 3 is 2.39 bits per heavy atom. The Kier molecular flexibility index (Phi) is 7.62. The monoisotopic (exact) mass is 464 g/mol. The Labute approximate surface area is 197 Å². The lowest BCUT2D eigenvalue weighted by Crippen LogP contribution is -2.42. The van der Waals surface area contributed by atoms with Gasteiger partial charge in [0.1, 0.15) is 5.67 Å². The van der Waals surface area contributed by atoms with E-state index in [1.165, 1.54) is 31.6 Å². The zero-order chi connectivity index (χ0) is 24.6. The minimum absolute atomic E-state index is 0.213. The number of aliphatic carboxylic acids is 1. The number of fused-ring (bicyclic) bond motifs is 1. The number of rotatable bonds is 6. The first-order valence-electron chi connectivity index (χ1n) is 12.3. The average molecular weight is 465 g/mol. The van der Waals surface area contributed by atoms with Crippen LogP contribution in [-0.4, -0.2) is 50.4 Å². The lowest BCUT2D eigenvalue weighted by molar-refractivity contribution is -0.151. The molecule has 5 nitrogen and oxygen atoms in total. The van der Waals surface area contributed by atoms with Crippen LogP contribution in [-0.2, 0) is 4.79 Å². The molecule has 0 aromatic rings. The molecule has 0 aliphatic heterocycles. The first-order valence-corrected chi connectivity index (χ1v) is 12.3. The number of carbonyl (C=O) groups is 1. The van der Waals surface area contributed by atoms with Crippen molar-refractivity contribution in [2.45, 2.75) is 103 Å². The quantitative estimate of drug-likeness (QED) is 0.427. The molecule has 0 aromatic heterocycles. The molecule has 7 atom stereocenters. The van der Waals surface area contributed by atoms with Crippen LogP contribution in [0.5, 0.6) is 0 Å². The fraction of sp³-hybridized carbons (Fsp3) is 0.741. The number of hydrogen-bond acceptors (Lipinski definition) is 4. The van der Waals surface area contributed by atoms with Crippen molar-refractivity contribution >= 4 is 5.97 Å². The maximum Gasteiger partial charge on any atom is 0.312 e. The lowest BCUT2D eigenvalue weighted by atomic mass is 9.60. The van der Waals surface area contributed by atoms with Gasteiger partial charge in [0.05, 0.1) is 23.7 Å². The minimum atomic E-state index is -1.66. The zero-order valence-corrected chi connectivity index (χ0v) is 20.4. The number of halogens is 1. The van der Waals surface area contributed by atoms with Crippen molar-refractivity contribution in [3.8, 4) is 0 Å². The molecule has 0 saturated heterocycles. The van der Waals surface area contributed by atoms with Crippen LogP contribution in [0.4, 0.5) is 4.39 Å². The second-order valence-corrected chi connectivity index (χ2v) is 11.5. The van der Waals surface area contributed by atoms with Crippen LogP contribution in [0.3, 0.4) is 0 Å². The summed E-state index contributed by atoms with van der Waals surface area (Å²) in [6.45, 7) is 6.59. The Bertz CT molecular complexity index is 814. The molecule has 0 heterocycles. The summed E-state index contributed by atoms with van der Waals surface area (Å²) in [6, 6.07) is 0. The van der Waals surface area contributed by atoms with E-state index >= 15 is 4.39 Å². The Morgan fingerprint density at radius 2 is 1.79 bits per heavy atom. The van der Waals surface area contributed by atoms with Gasteiger partial charge < -0.3 is 20.4 Å². The first kappa shape index (κ1) is 26.1. The predicted octanol–water partition coefficient (Wildman–Crippen LogP) is 4.72. The van der Waals surface area contributed by atoms with Crippen molar-refractivity contribution in [3.63, 3.8) is 0 Å². The van der Waals surface area contributed by atoms with E-state index in [-0.39, 0.29) is 17.3 Å². The van der Waals surface area contributed by atoms with Gasteiger partial charge in [0.25, 0.3) is 0 Å². The van der Waals surface area contributed by atoms with Crippen LogP contribution >= 0.6 is 0 Å². The summed E-state index contributed by atoms with van der Waals surface area (Å²) in [5.41, 5.74) is -0.875. The minimum Gasteiger partial charge on any atom is -0.481 e. The molecule has 3 saturated carbocycles. The van der Waals surface area contributed by atoms with Gasteiger partial charge >= 0.3 is 5.97 Å². The van der Waals surface area contributed by atoms with E-state index in [0.29, 0.717) is 19.3 Å². The van der Waals surface area contributed by atoms with E-state index in [0.717, 1.165) is 37.7 Å². The smallest absolute Gasteiger partial charge is 0.312 e. The highest BCUT2D eigenvalue weighted by atomic mass is 19.1. The van der Waals surface area contributed by atoms with Gasteiger partial charge in [-0.15, -0.1) is 0 Å². The third kappa shape index (κ3) is 5.44. The summed E-state index contributed by atoms with van der Waals surface area (Å²) in [4.78, 5) is 11.4. The molecule has 3 rings (SSSR count). The summed E-state index contributed by atoms with van der Waals surface area (Å²) in [6.07, 6.45) is 10.8. The molecule has 0 radical (unpaired) electrons. The summed E-state index contributed by atoms with van der Waals surface area (Å²) in [7, 11) is 0. The van der Waals surface area contributed by atoms with Crippen molar-refractivity contribution in [2.24, 2.45) is 22.7 Å². The summed E-state index contributed by atoms with van der Waals surface area (Å²) >= 11 is 0. The largest absolute Gasteiger partial charge is 0.481 e. The SMILES string of the molecule is CC(C)(C(=O)O)[C@H](O)C=C[C@](C)(F)[C@H]1CC[C@H]2C(=CC=C3C[C@@H](O)C[C@H](O)C3)CCC[C@@]21C. The molecule has 4 N–H and O–H groups in total. The average Bonchev–Trinajstić information content (AvgIpc) is 3.08. The normalized spacial score (nSPS) is 37.1. The van der Waals surface area contributed by atoms with Gasteiger partial charge in [-0.1, -0.05) is 36.3 Å². The third-order valence-corrected chi connectivity index (χ3v) is 8.61. The summed E-state index contributed by atoms with van der Waals surface area (Å²) in [5.74, 6) is -1.07. The van der Waals surface area contributed by atoms with Crippen LogP contribution in [0.25, 0.3) is 0 Å². The summed E-state index contributed by atoms with van der Waals surface area (Å²) in [5, 5.41) is 39.6. The molecule has 0 bridgehead atoms. The molecule has 0 aromatic carbocycles. The highest BCUT2D eigenvalue weighted by Crippen LogP contribution is 2.61. The van der Waals surface area contributed by atoms with E-state index in [1.54, 1.807) is 6.92 Å². The molecule has 33 heavy (non-hydrogen) atoms. The van der Waals surface area contributed by atoms with E-state index in [4.69, 9.17) is 0 Å². The molecular formula is C27H41FO5. The highest BCUT2D eigenvalue weighted by molar-refractivity contribution is 5.74. The second-order valence-electron chi connectivity index (χ2n) is 11.5. The van der Waals surface area contributed by atoms with Crippen LogP contribution in [0, 0.1) is 22.7 Å². The van der Waals surface area contributed by atoms with E-state index in [2.05, 4.69) is 19.1 Å². The third-order valence-electron chi connectivity index (χ3n) is 8.61. The Balaban J connectivity index is 1.78. The van der Waals surface area contributed by atoms with E-state index in [1.807, 2.05) is 0 Å². The zero-order valence-electron chi connectivity index (χ0n) is 20.4. The Morgan fingerprint density at radius 1 is 1.15 bits per heavy atom. The molecule has 3 aliphatic rings. The number of aliphatic hydroxyl groups excluding tert-OH is 3. The Hall–Kier alpha value is -1.50. The van der Waals surface area contributed by atoms with Crippen molar-refractivity contribution in [1.82, 2.24) is 0 Å². The number of carboxylic acid groups (broad SMARTS) is 1. The highest BCUT2D eigenvalue weighted by Gasteiger charge is 2.55. The van der Waals surface area contributed by atoms with Gasteiger partial charge in [0.2, 0.25) is 0 Å². The van der Waals surface area contributed by atoms with Crippen LogP contribution in [0.2, 0.25) is 0 Å². The van der Waals surface area contributed by atoms with Crippen LogP contribution in [0.1, 0.15) is 79.1 Å². The molecule has 0 unspecified atom stereocenters. The number of aliphatic hydroxyl groups is 3. The van der Waals surface area contributed by atoms with Crippen LogP contribution in [0.15, 0.2) is 35.5 Å². The number of allylic oxidation sites excluding steroid dienone is 4. The van der Waals surface area contributed by atoms with Gasteiger partial charge in [-0.3, -0.25) is 4.79 Å². The van der Waals surface area contributed by atoms with Gasteiger partial charge in [0, 0.05) is 5.92 Å². The topological polar surface area (TPSA) is 98.0 Å². The molecule has 3 fully saturated rings. The molecule has 0 spiro atoms. The second kappa shape index (κ2) is 9.63. The van der Waals surface area contributed by atoms with Crippen molar-refractivity contribution in [2.75, 3.05) is 0 Å². The van der Waals surface area contributed by atoms with Crippen molar-refractivity contribution in [1.29, 1.82) is 0 Å². The lowest BCUT2D eigenvalue weighted by Gasteiger charge is -2.45. The number of hydrogen-bond donors (Lipinski definition) is 4. The molecule has 0 amide bonds. The number of carboxylic acids is 1. The van der Waals surface area contributed by atoms with Gasteiger partial charge in [-0.25, -0.2) is 4.39 Å². The molecule has 3 aliphatic carbocycles. The van der Waals surface area contributed by atoms with Crippen LogP contribution < -0.4 is 0 Å². The van der Waals surface area contributed by atoms with E-state index in [9.17, 15) is 25.2 Å². The van der Waals surface area contributed by atoms with Gasteiger partial charge in [-0.05, 0) is 89.5 Å². The molecule has 186 valence electrons. The maximum absolute atomic E-state index is 16.0. The van der Waals surface area contributed by atoms with Gasteiger partial charge in [-0.2, -0.15) is 0 Å². The molecule has 6 heteroatoms.